The summed E-state index contributed by atoms with van der Waals surface area (Å²) in [5.74, 6) is 0. The first-order valence-electron chi connectivity index (χ1n) is 4.81. The van der Waals surface area contributed by atoms with E-state index in [4.69, 9.17) is 5.73 Å². The minimum absolute atomic E-state index is 0.0604. The van der Waals surface area contributed by atoms with E-state index in [-0.39, 0.29) is 10.5 Å². The van der Waals surface area contributed by atoms with Crippen LogP contribution in [0.15, 0.2) is 30.3 Å². The summed E-state index contributed by atoms with van der Waals surface area (Å²) in [5.41, 5.74) is 6.61. The van der Waals surface area contributed by atoms with Crippen LogP contribution >= 0.6 is 0 Å². The summed E-state index contributed by atoms with van der Waals surface area (Å²) in [4.78, 5) is 0. The number of benzene rings is 1. The summed E-state index contributed by atoms with van der Waals surface area (Å²) in [6, 6.07) is 9.91. The van der Waals surface area contributed by atoms with Gasteiger partial charge in [0.1, 0.15) is 0 Å². The van der Waals surface area contributed by atoms with E-state index in [1.54, 1.807) is 0 Å². The highest BCUT2D eigenvalue weighted by molar-refractivity contribution is 7.85. The zero-order valence-corrected chi connectivity index (χ0v) is 9.46. The van der Waals surface area contributed by atoms with E-state index in [2.05, 4.69) is 0 Å². The van der Waals surface area contributed by atoms with E-state index in [1.807, 2.05) is 44.2 Å². The van der Waals surface area contributed by atoms with Crippen molar-refractivity contribution >= 4 is 10.8 Å². The van der Waals surface area contributed by atoms with Crippen LogP contribution in [0.2, 0.25) is 0 Å². The molecule has 0 aliphatic heterocycles. The number of rotatable bonds is 4. The lowest BCUT2D eigenvalue weighted by atomic mass is 10.2. The van der Waals surface area contributed by atoms with E-state index in [1.165, 1.54) is 0 Å². The Kier molecular flexibility index (Phi) is 4.29. The Bertz CT molecular complexity index is 299. The van der Waals surface area contributed by atoms with Crippen molar-refractivity contribution in [1.82, 2.24) is 0 Å². The highest BCUT2D eigenvalue weighted by atomic mass is 32.2. The van der Waals surface area contributed by atoms with Crippen LogP contribution in [0.25, 0.3) is 0 Å². The van der Waals surface area contributed by atoms with Crippen molar-refractivity contribution < 1.29 is 4.21 Å². The summed E-state index contributed by atoms with van der Waals surface area (Å²) < 4.78 is 11.9. The Morgan fingerprint density at radius 2 is 1.86 bits per heavy atom. The first kappa shape index (κ1) is 11.4. The highest BCUT2D eigenvalue weighted by Gasteiger charge is 2.17. The van der Waals surface area contributed by atoms with E-state index >= 15 is 0 Å². The van der Waals surface area contributed by atoms with Crippen molar-refractivity contribution in [3.05, 3.63) is 35.9 Å². The third kappa shape index (κ3) is 2.66. The number of hydrogen-bond donors (Lipinski definition) is 1. The van der Waals surface area contributed by atoms with Gasteiger partial charge in [0, 0.05) is 22.6 Å². The maximum Gasteiger partial charge on any atom is 0.0572 e. The van der Waals surface area contributed by atoms with Crippen LogP contribution in [-0.2, 0) is 10.8 Å². The molecule has 0 aliphatic rings. The predicted molar refractivity (Wildman–Crippen MR) is 61.5 cm³/mol. The van der Waals surface area contributed by atoms with E-state index in [9.17, 15) is 4.21 Å². The number of hydrogen-bond acceptors (Lipinski definition) is 2. The molecule has 2 N–H and O–H groups in total. The van der Waals surface area contributed by atoms with E-state index in [0.29, 0.717) is 6.54 Å². The maximum atomic E-state index is 11.9. The molecule has 0 amide bonds. The predicted octanol–water partition coefficient (Wildman–Crippen LogP) is 1.84. The highest BCUT2D eigenvalue weighted by Crippen LogP contribution is 2.21. The Morgan fingerprint density at radius 1 is 1.29 bits per heavy atom. The smallest absolute Gasteiger partial charge is 0.0572 e. The molecule has 2 nitrogen and oxygen atoms in total. The van der Waals surface area contributed by atoms with Gasteiger partial charge in [0.25, 0.3) is 0 Å². The molecule has 0 radical (unpaired) electrons. The van der Waals surface area contributed by atoms with Crippen molar-refractivity contribution in [2.24, 2.45) is 5.73 Å². The molecule has 78 valence electrons. The average Bonchev–Trinajstić information content (AvgIpc) is 2.27. The molecule has 0 bridgehead atoms. The Balaban J connectivity index is 2.76. The third-order valence-corrected chi connectivity index (χ3v) is 4.30. The lowest BCUT2D eigenvalue weighted by molar-refractivity contribution is 0.665. The van der Waals surface area contributed by atoms with Crippen LogP contribution in [0.3, 0.4) is 0 Å². The van der Waals surface area contributed by atoms with Crippen LogP contribution < -0.4 is 5.73 Å². The molecule has 14 heavy (non-hydrogen) atoms. The molecule has 0 fully saturated rings. The molecule has 0 heterocycles. The summed E-state index contributed by atoms with van der Waals surface area (Å²) in [6.07, 6.45) is 0. The van der Waals surface area contributed by atoms with Gasteiger partial charge in [0.15, 0.2) is 0 Å². The minimum Gasteiger partial charge on any atom is -0.329 e. The van der Waals surface area contributed by atoms with Crippen molar-refractivity contribution in [3.8, 4) is 0 Å². The summed E-state index contributed by atoms with van der Waals surface area (Å²) in [6.45, 7) is 4.39. The summed E-state index contributed by atoms with van der Waals surface area (Å²) in [7, 11) is -0.886. The van der Waals surface area contributed by atoms with E-state index in [0.717, 1.165) is 5.56 Å². The third-order valence-electron chi connectivity index (χ3n) is 2.35. The van der Waals surface area contributed by atoms with Crippen molar-refractivity contribution in [3.63, 3.8) is 0 Å². The monoisotopic (exact) mass is 211 g/mol. The van der Waals surface area contributed by atoms with Gasteiger partial charge in [0.2, 0.25) is 0 Å². The molecule has 0 aliphatic carbocycles. The van der Waals surface area contributed by atoms with Crippen LogP contribution in [-0.4, -0.2) is 16.0 Å². The summed E-state index contributed by atoms with van der Waals surface area (Å²) >= 11 is 0. The van der Waals surface area contributed by atoms with Gasteiger partial charge in [-0.05, 0) is 19.4 Å². The molecule has 0 saturated heterocycles. The zero-order valence-electron chi connectivity index (χ0n) is 8.64. The standard InChI is InChI=1S/C11H17NOS/c1-9(8-12)14(13)10(2)11-6-4-3-5-7-11/h3-7,9-10H,8,12H2,1-2H3. The molecule has 1 aromatic rings. The average molecular weight is 211 g/mol. The summed E-state index contributed by atoms with van der Waals surface area (Å²) in [5, 5.41) is 0.125. The van der Waals surface area contributed by atoms with E-state index < -0.39 is 10.8 Å². The molecular formula is C11H17NOS. The number of nitrogens with two attached hydrogens (primary N) is 1. The van der Waals surface area contributed by atoms with Gasteiger partial charge in [-0.3, -0.25) is 4.21 Å². The van der Waals surface area contributed by atoms with Gasteiger partial charge in [-0.25, -0.2) is 0 Å². The molecule has 3 atom stereocenters. The van der Waals surface area contributed by atoms with Gasteiger partial charge < -0.3 is 5.73 Å². The molecular weight excluding hydrogens is 194 g/mol. The first-order chi connectivity index (χ1) is 6.66. The largest absolute Gasteiger partial charge is 0.329 e. The second-order valence-electron chi connectivity index (χ2n) is 3.43. The Hall–Kier alpha value is -0.670. The fraction of sp³-hybridized carbons (Fsp3) is 0.455. The molecule has 0 saturated carbocycles. The SMILES string of the molecule is CC(CN)S(=O)C(C)c1ccccc1. The second-order valence-corrected chi connectivity index (χ2v) is 5.60. The second kappa shape index (κ2) is 5.27. The van der Waals surface area contributed by atoms with Crippen molar-refractivity contribution in [1.29, 1.82) is 0 Å². The topological polar surface area (TPSA) is 43.1 Å². The Morgan fingerprint density at radius 3 is 2.36 bits per heavy atom. The van der Waals surface area contributed by atoms with Gasteiger partial charge in [-0.2, -0.15) is 0 Å². The quantitative estimate of drug-likeness (QED) is 0.826. The van der Waals surface area contributed by atoms with Crippen LogP contribution in [0.4, 0.5) is 0 Å². The fourth-order valence-electron chi connectivity index (χ4n) is 1.30. The maximum absolute atomic E-state index is 11.9. The van der Waals surface area contributed by atoms with Gasteiger partial charge >= 0.3 is 0 Å². The van der Waals surface area contributed by atoms with Crippen LogP contribution in [0.1, 0.15) is 24.7 Å². The molecule has 1 rings (SSSR count). The zero-order chi connectivity index (χ0) is 10.6. The fourth-order valence-corrected chi connectivity index (χ4v) is 2.61. The molecule has 0 aromatic heterocycles. The lowest BCUT2D eigenvalue weighted by Gasteiger charge is -2.16. The molecule has 3 unspecified atom stereocenters. The van der Waals surface area contributed by atoms with Gasteiger partial charge in [0.05, 0.1) is 5.25 Å². The molecule has 1 aromatic carbocycles. The lowest BCUT2D eigenvalue weighted by Crippen LogP contribution is -2.24. The van der Waals surface area contributed by atoms with Crippen LogP contribution in [0, 0.1) is 0 Å². The Labute approximate surface area is 88.0 Å². The normalized spacial score (nSPS) is 17.4. The van der Waals surface area contributed by atoms with Crippen LogP contribution in [0.5, 0.6) is 0 Å². The van der Waals surface area contributed by atoms with Gasteiger partial charge in [-0.1, -0.05) is 30.3 Å². The molecule has 0 spiro atoms. The first-order valence-corrected chi connectivity index (χ1v) is 6.08. The molecule has 3 heteroatoms. The van der Waals surface area contributed by atoms with Crippen molar-refractivity contribution in [2.45, 2.75) is 24.3 Å². The van der Waals surface area contributed by atoms with Crippen molar-refractivity contribution in [2.75, 3.05) is 6.54 Å². The van der Waals surface area contributed by atoms with Gasteiger partial charge in [-0.15, -0.1) is 0 Å². The minimum atomic E-state index is -0.886.